The van der Waals surface area contributed by atoms with E-state index in [4.69, 9.17) is 11.6 Å². The second kappa shape index (κ2) is 9.94. The Bertz CT molecular complexity index is 849. The van der Waals surface area contributed by atoms with E-state index in [1.807, 2.05) is 30.9 Å². The third kappa shape index (κ3) is 5.54. The van der Waals surface area contributed by atoms with Crippen molar-refractivity contribution in [3.05, 3.63) is 34.9 Å². The second-order valence-electron chi connectivity index (χ2n) is 10.8. The van der Waals surface area contributed by atoms with Crippen molar-refractivity contribution in [3.63, 3.8) is 0 Å². The zero-order valence-corrected chi connectivity index (χ0v) is 20.7. The smallest absolute Gasteiger partial charge is 0.245 e. The summed E-state index contributed by atoms with van der Waals surface area (Å²) in [6, 6.07) is 7.50. The third-order valence-electron chi connectivity index (χ3n) is 7.25. The normalized spacial score (nSPS) is 26.7. The fourth-order valence-corrected chi connectivity index (χ4v) is 5.75. The Morgan fingerprint density at radius 1 is 1.16 bits per heavy atom. The summed E-state index contributed by atoms with van der Waals surface area (Å²) in [6.07, 6.45) is 2.24. The van der Waals surface area contributed by atoms with Gasteiger partial charge in [0.15, 0.2) is 0 Å². The minimum atomic E-state index is -0.573. The summed E-state index contributed by atoms with van der Waals surface area (Å²) >= 11 is 6.11. The molecule has 1 saturated heterocycles. The van der Waals surface area contributed by atoms with Crippen LogP contribution in [0.4, 0.5) is 0 Å². The maximum absolute atomic E-state index is 13.6. The highest BCUT2D eigenvalue weighted by Crippen LogP contribution is 2.45. The van der Waals surface area contributed by atoms with E-state index in [0.29, 0.717) is 44.2 Å². The summed E-state index contributed by atoms with van der Waals surface area (Å²) < 4.78 is 0. The lowest BCUT2D eigenvalue weighted by atomic mass is 9.69. The summed E-state index contributed by atoms with van der Waals surface area (Å²) in [5.74, 6) is 0.328. The maximum atomic E-state index is 13.6. The number of halogens is 1. The van der Waals surface area contributed by atoms with E-state index in [0.717, 1.165) is 11.4 Å². The molecule has 32 heavy (non-hydrogen) atoms. The van der Waals surface area contributed by atoms with Gasteiger partial charge in [0.25, 0.3) is 0 Å². The number of benzene rings is 1. The van der Waals surface area contributed by atoms with Crippen LogP contribution < -0.4 is 5.32 Å². The van der Waals surface area contributed by atoms with Gasteiger partial charge in [-0.1, -0.05) is 58.4 Å². The van der Waals surface area contributed by atoms with E-state index in [9.17, 15) is 14.4 Å². The summed E-state index contributed by atoms with van der Waals surface area (Å²) in [6.45, 7) is 11.9. The van der Waals surface area contributed by atoms with Gasteiger partial charge < -0.3 is 10.2 Å². The molecule has 2 aliphatic rings. The molecule has 0 bridgehead atoms. The fraction of sp³-hybridized carbons (Fsp3) is 0.654. The van der Waals surface area contributed by atoms with Crippen molar-refractivity contribution < 1.29 is 14.4 Å². The van der Waals surface area contributed by atoms with Crippen LogP contribution in [-0.4, -0.2) is 41.6 Å². The second-order valence-corrected chi connectivity index (χ2v) is 11.2. The molecule has 4 atom stereocenters. The van der Waals surface area contributed by atoms with Gasteiger partial charge in [-0.25, -0.2) is 0 Å². The number of nitrogens with zero attached hydrogens (tertiary/aromatic N) is 1. The summed E-state index contributed by atoms with van der Waals surface area (Å²) in [4.78, 5) is 39.9. The standard InChI is InChI=1S/C26H37ClN2O3/c1-16(2)23(28-24(31)19-8-11-21(30)14-19)25(32)29-13-12-17(3)22(26(4,5)15-29)18-6-9-20(27)10-7-18/h6-7,9-10,16-17,19,22-23H,8,11-15H2,1-5H3,(H,28,31)/t17-,19-,22?,23-/m1/s1. The first-order valence-corrected chi connectivity index (χ1v) is 12.2. The number of carbonyl (C=O) groups excluding carboxylic acids is 3. The van der Waals surface area contributed by atoms with Gasteiger partial charge in [-0.3, -0.25) is 14.4 Å². The van der Waals surface area contributed by atoms with Gasteiger partial charge in [0.2, 0.25) is 11.8 Å². The first kappa shape index (κ1) is 24.8. The lowest BCUT2D eigenvalue weighted by Crippen LogP contribution is -2.53. The van der Waals surface area contributed by atoms with Crippen molar-refractivity contribution in [2.75, 3.05) is 13.1 Å². The predicted octanol–water partition coefficient (Wildman–Crippen LogP) is 4.83. The molecule has 1 saturated carbocycles. The van der Waals surface area contributed by atoms with Crippen molar-refractivity contribution in [3.8, 4) is 0 Å². The highest BCUT2D eigenvalue weighted by molar-refractivity contribution is 6.30. The average molecular weight is 461 g/mol. The topological polar surface area (TPSA) is 66.5 Å². The molecule has 0 aromatic heterocycles. The van der Waals surface area contributed by atoms with Crippen LogP contribution in [0, 0.1) is 23.2 Å². The number of carbonyl (C=O) groups is 3. The molecule has 1 heterocycles. The number of amides is 2. The molecule has 1 aromatic rings. The molecule has 1 N–H and O–H groups in total. The van der Waals surface area contributed by atoms with E-state index >= 15 is 0 Å². The Labute approximate surface area is 197 Å². The third-order valence-corrected chi connectivity index (χ3v) is 7.50. The van der Waals surface area contributed by atoms with Crippen LogP contribution in [-0.2, 0) is 14.4 Å². The van der Waals surface area contributed by atoms with Gasteiger partial charge in [0.1, 0.15) is 11.8 Å². The summed E-state index contributed by atoms with van der Waals surface area (Å²) in [7, 11) is 0. The Kier molecular flexibility index (Phi) is 7.69. The Morgan fingerprint density at radius 3 is 2.38 bits per heavy atom. The zero-order valence-electron chi connectivity index (χ0n) is 20.0. The number of Topliss-reactive ketones (excluding diaryl/α,β-unsaturated/α-hetero) is 1. The quantitative estimate of drug-likeness (QED) is 0.684. The number of rotatable bonds is 5. The van der Waals surface area contributed by atoms with Crippen molar-refractivity contribution >= 4 is 29.2 Å². The minimum absolute atomic E-state index is 0.0188. The first-order valence-electron chi connectivity index (χ1n) is 11.9. The summed E-state index contributed by atoms with van der Waals surface area (Å²) in [5.41, 5.74) is 1.11. The van der Waals surface area contributed by atoms with E-state index in [1.165, 1.54) is 5.56 Å². The van der Waals surface area contributed by atoms with Crippen molar-refractivity contribution in [2.45, 2.75) is 72.3 Å². The number of likely N-dealkylation sites (tertiary alicyclic amines) is 1. The lowest BCUT2D eigenvalue weighted by Gasteiger charge is -2.39. The number of hydrogen-bond acceptors (Lipinski definition) is 3. The van der Waals surface area contributed by atoms with Crippen molar-refractivity contribution in [1.82, 2.24) is 10.2 Å². The highest BCUT2D eigenvalue weighted by atomic mass is 35.5. The highest BCUT2D eigenvalue weighted by Gasteiger charge is 2.42. The Morgan fingerprint density at radius 2 is 1.81 bits per heavy atom. The predicted molar refractivity (Wildman–Crippen MR) is 127 cm³/mol. The molecule has 1 aliphatic carbocycles. The van der Waals surface area contributed by atoms with Crippen LogP contribution in [0.3, 0.4) is 0 Å². The van der Waals surface area contributed by atoms with Gasteiger partial charge in [0, 0.05) is 36.9 Å². The molecule has 3 rings (SSSR count). The zero-order chi connectivity index (χ0) is 23.6. The molecule has 176 valence electrons. The molecule has 2 amide bonds. The molecule has 0 spiro atoms. The van der Waals surface area contributed by atoms with Crippen LogP contribution >= 0.6 is 11.6 Å². The largest absolute Gasteiger partial charge is 0.344 e. The fourth-order valence-electron chi connectivity index (χ4n) is 5.62. The lowest BCUT2D eigenvalue weighted by molar-refractivity contribution is -0.139. The molecular weight excluding hydrogens is 424 g/mol. The summed E-state index contributed by atoms with van der Waals surface area (Å²) in [5, 5.41) is 3.71. The van der Waals surface area contributed by atoms with Crippen LogP contribution in [0.1, 0.15) is 71.8 Å². The number of nitrogens with one attached hydrogen (secondary N) is 1. The van der Waals surface area contributed by atoms with Crippen molar-refractivity contribution in [2.24, 2.45) is 23.2 Å². The molecule has 1 aliphatic heterocycles. The molecule has 1 unspecified atom stereocenters. The Hall–Kier alpha value is -1.88. The number of hydrogen-bond donors (Lipinski definition) is 1. The van der Waals surface area contributed by atoms with Crippen molar-refractivity contribution in [1.29, 1.82) is 0 Å². The number of ketones is 1. The van der Waals surface area contributed by atoms with E-state index in [1.54, 1.807) is 0 Å². The average Bonchev–Trinajstić information content (AvgIpc) is 3.11. The van der Waals surface area contributed by atoms with Gasteiger partial charge >= 0.3 is 0 Å². The van der Waals surface area contributed by atoms with Gasteiger partial charge in [-0.2, -0.15) is 0 Å². The van der Waals surface area contributed by atoms with Crippen LogP contribution in [0.25, 0.3) is 0 Å². The molecule has 2 fully saturated rings. The van der Waals surface area contributed by atoms with Crippen LogP contribution in [0.2, 0.25) is 5.02 Å². The molecule has 6 heteroatoms. The van der Waals surface area contributed by atoms with Gasteiger partial charge in [-0.15, -0.1) is 0 Å². The molecule has 1 aromatic carbocycles. The molecule has 5 nitrogen and oxygen atoms in total. The van der Waals surface area contributed by atoms with E-state index in [-0.39, 0.29) is 34.8 Å². The monoisotopic (exact) mass is 460 g/mol. The van der Waals surface area contributed by atoms with Gasteiger partial charge in [-0.05, 0) is 53.7 Å². The van der Waals surface area contributed by atoms with Crippen LogP contribution in [0.5, 0.6) is 0 Å². The van der Waals surface area contributed by atoms with Crippen LogP contribution in [0.15, 0.2) is 24.3 Å². The molecule has 0 radical (unpaired) electrons. The Balaban J connectivity index is 1.77. The molecular formula is C26H37ClN2O3. The van der Waals surface area contributed by atoms with Gasteiger partial charge in [0.05, 0.1) is 0 Å². The SMILES string of the molecule is CC(C)[C@@H](NC(=O)[C@@H]1CCC(=O)C1)C(=O)N1CC[C@@H](C)C(c2ccc(Cl)cc2)C(C)(C)C1. The first-order chi connectivity index (χ1) is 15.0. The minimum Gasteiger partial charge on any atom is -0.344 e. The maximum Gasteiger partial charge on any atom is 0.245 e. The van der Waals surface area contributed by atoms with E-state index < -0.39 is 6.04 Å². The van der Waals surface area contributed by atoms with E-state index in [2.05, 4.69) is 38.2 Å².